The van der Waals surface area contributed by atoms with E-state index in [1.165, 1.54) is 12.1 Å². The molecular formula is C14H11Cl2F2N. The summed E-state index contributed by atoms with van der Waals surface area (Å²) in [5.74, 6) is -1.26. The molecule has 5 heteroatoms. The van der Waals surface area contributed by atoms with Crippen LogP contribution in [0.2, 0.25) is 10.0 Å². The van der Waals surface area contributed by atoms with E-state index < -0.39 is 11.6 Å². The van der Waals surface area contributed by atoms with Crippen molar-refractivity contribution in [3.8, 4) is 0 Å². The summed E-state index contributed by atoms with van der Waals surface area (Å²) in [6.07, 6.45) is 0. The van der Waals surface area contributed by atoms with E-state index in [2.05, 4.69) is 5.32 Å². The van der Waals surface area contributed by atoms with E-state index in [1.54, 1.807) is 25.1 Å². The zero-order chi connectivity index (χ0) is 14.0. The average Bonchev–Trinajstić information content (AvgIpc) is 2.37. The second kappa shape index (κ2) is 5.76. The summed E-state index contributed by atoms with van der Waals surface area (Å²) in [6, 6.07) is 7.66. The summed E-state index contributed by atoms with van der Waals surface area (Å²) < 4.78 is 27.4. The lowest BCUT2D eigenvalue weighted by molar-refractivity contribution is 0.582. The van der Waals surface area contributed by atoms with Gasteiger partial charge in [-0.3, -0.25) is 0 Å². The van der Waals surface area contributed by atoms with Gasteiger partial charge in [-0.25, -0.2) is 8.78 Å². The predicted molar refractivity (Wildman–Crippen MR) is 74.9 cm³/mol. The molecule has 0 aliphatic carbocycles. The van der Waals surface area contributed by atoms with Gasteiger partial charge < -0.3 is 5.32 Å². The molecule has 0 amide bonds. The lowest BCUT2D eigenvalue weighted by Gasteiger charge is -2.12. The molecule has 0 spiro atoms. The summed E-state index contributed by atoms with van der Waals surface area (Å²) in [5, 5.41) is 3.61. The maximum Gasteiger partial charge on any atom is 0.152 e. The molecule has 0 saturated heterocycles. The Bertz CT molecular complexity index is 594. The molecule has 0 saturated carbocycles. The number of nitrogens with one attached hydrogen (secondary N) is 1. The topological polar surface area (TPSA) is 12.0 Å². The van der Waals surface area contributed by atoms with Crippen LogP contribution in [0.5, 0.6) is 0 Å². The van der Waals surface area contributed by atoms with Crippen LogP contribution in [0.3, 0.4) is 0 Å². The maximum absolute atomic E-state index is 13.8. The Kier molecular flexibility index (Phi) is 4.27. The van der Waals surface area contributed by atoms with Crippen LogP contribution in [0.4, 0.5) is 14.5 Å². The number of hydrogen-bond acceptors (Lipinski definition) is 1. The van der Waals surface area contributed by atoms with Gasteiger partial charge in [0.15, 0.2) is 5.82 Å². The molecule has 0 atom stereocenters. The molecule has 100 valence electrons. The minimum Gasteiger partial charge on any atom is -0.376 e. The van der Waals surface area contributed by atoms with E-state index in [1.807, 2.05) is 0 Å². The maximum atomic E-state index is 13.8. The fraction of sp³-hybridized carbons (Fsp3) is 0.143. The van der Waals surface area contributed by atoms with Gasteiger partial charge in [0, 0.05) is 22.2 Å². The third kappa shape index (κ3) is 2.99. The van der Waals surface area contributed by atoms with Gasteiger partial charge in [-0.1, -0.05) is 35.3 Å². The Balaban J connectivity index is 2.27. The molecular weight excluding hydrogens is 291 g/mol. The molecule has 0 radical (unpaired) electrons. The number of benzene rings is 2. The van der Waals surface area contributed by atoms with Crippen LogP contribution in [-0.2, 0) is 6.54 Å². The number of anilines is 1. The largest absolute Gasteiger partial charge is 0.376 e. The van der Waals surface area contributed by atoms with Gasteiger partial charge in [-0.05, 0) is 30.7 Å². The second-order valence-corrected chi connectivity index (χ2v) is 4.92. The smallest absolute Gasteiger partial charge is 0.152 e. The summed E-state index contributed by atoms with van der Waals surface area (Å²) >= 11 is 12.0. The van der Waals surface area contributed by atoms with Crippen molar-refractivity contribution in [3.05, 3.63) is 63.1 Å². The van der Waals surface area contributed by atoms with Gasteiger partial charge in [0.1, 0.15) is 11.5 Å². The highest BCUT2D eigenvalue weighted by atomic mass is 35.5. The van der Waals surface area contributed by atoms with Gasteiger partial charge >= 0.3 is 0 Å². The van der Waals surface area contributed by atoms with Gasteiger partial charge in [-0.15, -0.1) is 0 Å². The van der Waals surface area contributed by atoms with Crippen molar-refractivity contribution in [1.29, 1.82) is 0 Å². The van der Waals surface area contributed by atoms with Gasteiger partial charge in [-0.2, -0.15) is 0 Å². The standard InChI is InChI=1S/C14H11Cl2F2N/c1-8-5-6-12(17)14(13(8)18)19-7-9-10(15)3-2-4-11(9)16/h2-6,19H,7H2,1H3. The Morgan fingerprint density at radius 2 is 1.68 bits per heavy atom. The van der Waals surface area contributed by atoms with E-state index >= 15 is 0 Å². The normalized spacial score (nSPS) is 10.6. The van der Waals surface area contributed by atoms with E-state index in [0.29, 0.717) is 21.2 Å². The first-order valence-electron chi connectivity index (χ1n) is 5.62. The molecule has 1 N–H and O–H groups in total. The zero-order valence-corrected chi connectivity index (χ0v) is 11.6. The molecule has 19 heavy (non-hydrogen) atoms. The number of halogens is 4. The molecule has 0 fully saturated rings. The first kappa shape index (κ1) is 14.1. The number of aryl methyl sites for hydroxylation is 1. The van der Waals surface area contributed by atoms with Crippen molar-refractivity contribution in [2.45, 2.75) is 13.5 Å². The molecule has 0 heterocycles. The van der Waals surface area contributed by atoms with E-state index in [4.69, 9.17) is 23.2 Å². The van der Waals surface area contributed by atoms with Crippen LogP contribution >= 0.6 is 23.2 Å². The number of rotatable bonds is 3. The molecule has 2 rings (SSSR count). The Labute approximate surface area is 120 Å². The van der Waals surface area contributed by atoms with Crippen molar-refractivity contribution in [2.75, 3.05) is 5.32 Å². The zero-order valence-electron chi connectivity index (χ0n) is 10.1. The molecule has 2 aromatic carbocycles. The summed E-state index contributed by atoms with van der Waals surface area (Å²) in [5.41, 5.74) is 0.802. The van der Waals surface area contributed by atoms with Crippen LogP contribution in [0.25, 0.3) is 0 Å². The van der Waals surface area contributed by atoms with E-state index in [9.17, 15) is 8.78 Å². The van der Waals surface area contributed by atoms with Crippen molar-refractivity contribution >= 4 is 28.9 Å². The Morgan fingerprint density at radius 3 is 2.32 bits per heavy atom. The highest BCUT2D eigenvalue weighted by molar-refractivity contribution is 6.36. The van der Waals surface area contributed by atoms with Gasteiger partial charge in [0.2, 0.25) is 0 Å². The van der Waals surface area contributed by atoms with Crippen molar-refractivity contribution in [1.82, 2.24) is 0 Å². The lowest BCUT2D eigenvalue weighted by atomic mass is 10.1. The third-order valence-electron chi connectivity index (χ3n) is 2.79. The van der Waals surface area contributed by atoms with Crippen molar-refractivity contribution in [2.24, 2.45) is 0 Å². The lowest BCUT2D eigenvalue weighted by Crippen LogP contribution is -2.06. The molecule has 2 aromatic rings. The fourth-order valence-corrected chi connectivity index (χ4v) is 2.23. The minimum absolute atomic E-state index is 0.149. The average molecular weight is 302 g/mol. The molecule has 0 aliphatic rings. The highest BCUT2D eigenvalue weighted by Crippen LogP contribution is 2.27. The van der Waals surface area contributed by atoms with Gasteiger partial charge in [0.05, 0.1) is 0 Å². The first-order valence-corrected chi connectivity index (χ1v) is 6.37. The molecule has 0 aromatic heterocycles. The summed E-state index contributed by atoms with van der Waals surface area (Å²) in [4.78, 5) is 0. The van der Waals surface area contributed by atoms with Crippen LogP contribution < -0.4 is 5.32 Å². The van der Waals surface area contributed by atoms with Gasteiger partial charge in [0.25, 0.3) is 0 Å². The van der Waals surface area contributed by atoms with Crippen LogP contribution in [0.1, 0.15) is 11.1 Å². The fourth-order valence-electron chi connectivity index (χ4n) is 1.70. The molecule has 0 aliphatic heterocycles. The monoisotopic (exact) mass is 301 g/mol. The third-order valence-corrected chi connectivity index (χ3v) is 3.50. The number of hydrogen-bond donors (Lipinski definition) is 1. The Hall–Kier alpha value is -1.32. The van der Waals surface area contributed by atoms with Crippen LogP contribution in [-0.4, -0.2) is 0 Å². The molecule has 1 nitrogen and oxygen atoms in total. The summed E-state index contributed by atoms with van der Waals surface area (Å²) in [7, 11) is 0. The first-order chi connectivity index (χ1) is 9.00. The second-order valence-electron chi connectivity index (χ2n) is 4.11. The quantitative estimate of drug-likeness (QED) is 0.822. The van der Waals surface area contributed by atoms with Crippen molar-refractivity contribution in [3.63, 3.8) is 0 Å². The van der Waals surface area contributed by atoms with Crippen molar-refractivity contribution < 1.29 is 8.78 Å². The molecule has 0 unspecified atom stereocenters. The van der Waals surface area contributed by atoms with E-state index in [0.717, 1.165) is 0 Å². The summed E-state index contributed by atoms with van der Waals surface area (Å²) in [6.45, 7) is 1.72. The SMILES string of the molecule is Cc1ccc(F)c(NCc2c(Cl)cccc2Cl)c1F. The Morgan fingerprint density at radius 1 is 1.05 bits per heavy atom. The highest BCUT2D eigenvalue weighted by Gasteiger charge is 2.12. The molecule has 0 bridgehead atoms. The van der Waals surface area contributed by atoms with Crippen LogP contribution in [0, 0.1) is 18.6 Å². The van der Waals surface area contributed by atoms with Crippen LogP contribution in [0.15, 0.2) is 30.3 Å². The predicted octanol–water partition coefficient (Wildman–Crippen LogP) is 5.19. The van der Waals surface area contributed by atoms with E-state index in [-0.39, 0.29) is 12.2 Å². The minimum atomic E-state index is -0.647.